The lowest BCUT2D eigenvalue weighted by Gasteiger charge is -2.00. The Labute approximate surface area is 67.2 Å². The minimum absolute atomic E-state index is 0.253. The molecular weight excluding hydrogens is 197 g/mol. The molecular formula is C7H7BrFN. The van der Waals surface area contributed by atoms with Crippen LogP contribution in [0.4, 0.5) is 10.1 Å². The van der Waals surface area contributed by atoms with Crippen LogP contribution in [0.25, 0.3) is 0 Å². The van der Waals surface area contributed by atoms with Crippen LogP contribution < -0.4 is 5.73 Å². The highest BCUT2D eigenvalue weighted by Crippen LogP contribution is 2.17. The van der Waals surface area contributed by atoms with Gasteiger partial charge in [0.25, 0.3) is 0 Å². The first-order chi connectivity index (χ1) is 4.75. The zero-order valence-corrected chi connectivity index (χ0v) is 6.86. The van der Waals surface area contributed by atoms with Gasteiger partial charge in [0.1, 0.15) is 5.82 Å². The number of rotatable bonds is 1. The molecule has 10 heavy (non-hydrogen) atoms. The first kappa shape index (κ1) is 7.54. The zero-order chi connectivity index (χ0) is 7.56. The second-order valence-electron chi connectivity index (χ2n) is 1.94. The quantitative estimate of drug-likeness (QED) is 0.551. The van der Waals surface area contributed by atoms with E-state index in [0.717, 1.165) is 0 Å². The first-order valence-electron chi connectivity index (χ1n) is 2.84. The number of anilines is 1. The molecule has 1 rings (SSSR count). The van der Waals surface area contributed by atoms with Crippen LogP contribution in [0, 0.1) is 5.82 Å². The SMILES string of the molecule is Nc1cccc(F)c1CBr. The van der Waals surface area contributed by atoms with Crippen molar-refractivity contribution in [3.8, 4) is 0 Å². The van der Waals surface area contributed by atoms with Crippen molar-refractivity contribution in [2.75, 3.05) is 5.73 Å². The fourth-order valence-corrected chi connectivity index (χ4v) is 1.31. The van der Waals surface area contributed by atoms with E-state index < -0.39 is 0 Å². The van der Waals surface area contributed by atoms with Gasteiger partial charge in [0, 0.05) is 16.6 Å². The second-order valence-corrected chi connectivity index (χ2v) is 2.50. The molecule has 0 radical (unpaired) electrons. The van der Waals surface area contributed by atoms with E-state index in [4.69, 9.17) is 5.73 Å². The lowest BCUT2D eigenvalue weighted by Crippen LogP contribution is -1.94. The molecule has 0 amide bonds. The minimum Gasteiger partial charge on any atom is -0.398 e. The number of benzene rings is 1. The van der Waals surface area contributed by atoms with Crippen LogP contribution in [-0.2, 0) is 5.33 Å². The van der Waals surface area contributed by atoms with Gasteiger partial charge in [0.05, 0.1) is 0 Å². The first-order valence-corrected chi connectivity index (χ1v) is 3.96. The molecule has 0 bridgehead atoms. The van der Waals surface area contributed by atoms with Gasteiger partial charge in [-0.1, -0.05) is 22.0 Å². The van der Waals surface area contributed by atoms with Gasteiger partial charge in [0.2, 0.25) is 0 Å². The number of hydrogen-bond donors (Lipinski definition) is 1. The molecule has 0 aliphatic rings. The van der Waals surface area contributed by atoms with Gasteiger partial charge in [-0.15, -0.1) is 0 Å². The average molecular weight is 204 g/mol. The summed E-state index contributed by atoms with van der Waals surface area (Å²) in [5.74, 6) is -0.253. The van der Waals surface area contributed by atoms with E-state index in [2.05, 4.69) is 15.9 Å². The summed E-state index contributed by atoms with van der Waals surface area (Å²) in [5.41, 5.74) is 6.49. The Morgan fingerprint density at radius 3 is 2.60 bits per heavy atom. The van der Waals surface area contributed by atoms with E-state index in [1.165, 1.54) is 6.07 Å². The molecule has 2 N–H and O–H groups in total. The van der Waals surface area contributed by atoms with Crippen LogP contribution in [-0.4, -0.2) is 0 Å². The van der Waals surface area contributed by atoms with Crippen molar-refractivity contribution in [1.82, 2.24) is 0 Å². The Morgan fingerprint density at radius 1 is 1.50 bits per heavy atom. The van der Waals surface area contributed by atoms with Crippen LogP contribution in [0.5, 0.6) is 0 Å². The van der Waals surface area contributed by atoms with Crippen LogP contribution >= 0.6 is 15.9 Å². The largest absolute Gasteiger partial charge is 0.398 e. The fraction of sp³-hybridized carbons (Fsp3) is 0.143. The Balaban J connectivity index is 3.17. The Kier molecular flexibility index (Phi) is 2.27. The minimum atomic E-state index is -0.253. The van der Waals surface area contributed by atoms with Crippen LogP contribution in [0.15, 0.2) is 18.2 Å². The fourth-order valence-electron chi connectivity index (χ4n) is 0.716. The summed E-state index contributed by atoms with van der Waals surface area (Å²) in [5, 5.41) is 0.464. The maximum absolute atomic E-state index is 12.7. The smallest absolute Gasteiger partial charge is 0.129 e. The monoisotopic (exact) mass is 203 g/mol. The van der Waals surface area contributed by atoms with Crippen LogP contribution in [0.3, 0.4) is 0 Å². The molecule has 0 atom stereocenters. The highest BCUT2D eigenvalue weighted by Gasteiger charge is 2.01. The molecule has 0 heterocycles. The molecule has 0 fully saturated rings. The second kappa shape index (κ2) is 3.01. The zero-order valence-electron chi connectivity index (χ0n) is 5.27. The van der Waals surface area contributed by atoms with Crippen molar-refractivity contribution in [3.05, 3.63) is 29.6 Å². The Bertz CT molecular complexity index is 217. The van der Waals surface area contributed by atoms with Gasteiger partial charge in [-0.25, -0.2) is 4.39 Å². The third-order valence-electron chi connectivity index (χ3n) is 1.29. The van der Waals surface area contributed by atoms with Crippen molar-refractivity contribution in [2.45, 2.75) is 5.33 Å². The highest BCUT2D eigenvalue weighted by atomic mass is 79.9. The summed E-state index contributed by atoms with van der Waals surface area (Å²) in [6, 6.07) is 4.67. The van der Waals surface area contributed by atoms with E-state index in [0.29, 0.717) is 16.6 Å². The molecule has 1 nitrogen and oxygen atoms in total. The van der Waals surface area contributed by atoms with Crippen LogP contribution in [0.1, 0.15) is 5.56 Å². The summed E-state index contributed by atoms with van der Waals surface area (Å²) in [6.45, 7) is 0. The molecule has 0 saturated carbocycles. The van der Waals surface area contributed by atoms with Crippen molar-refractivity contribution in [3.63, 3.8) is 0 Å². The normalized spacial score (nSPS) is 9.80. The van der Waals surface area contributed by atoms with E-state index in [-0.39, 0.29) is 5.82 Å². The summed E-state index contributed by atoms with van der Waals surface area (Å²) < 4.78 is 12.7. The summed E-state index contributed by atoms with van der Waals surface area (Å²) in [7, 11) is 0. The number of nitrogen functional groups attached to an aromatic ring is 1. The Hall–Kier alpha value is -0.570. The predicted molar refractivity (Wildman–Crippen MR) is 43.4 cm³/mol. The van der Waals surface area contributed by atoms with Gasteiger partial charge < -0.3 is 5.73 Å². The molecule has 1 aromatic carbocycles. The van der Waals surface area contributed by atoms with Crippen molar-refractivity contribution < 1.29 is 4.39 Å². The lowest BCUT2D eigenvalue weighted by molar-refractivity contribution is 0.618. The molecule has 1 aromatic rings. The van der Waals surface area contributed by atoms with E-state index in [1.807, 2.05) is 0 Å². The summed E-state index contributed by atoms with van der Waals surface area (Å²) in [4.78, 5) is 0. The highest BCUT2D eigenvalue weighted by molar-refractivity contribution is 9.08. The lowest BCUT2D eigenvalue weighted by atomic mass is 10.2. The van der Waals surface area contributed by atoms with Gasteiger partial charge in [-0.2, -0.15) is 0 Å². The molecule has 0 unspecified atom stereocenters. The van der Waals surface area contributed by atoms with Gasteiger partial charge in [-0.3, -0.25) is 0 Å². The molecule has 0 saturated heterocycles. The number of halogens is 2. The van der Waals surface area contributed by atoms with E-state index in [1.54, 1.807) is 12.1 Å². The van der Waals surface area contributed by atoms with E-state index in [9.17, 15) is 4.39 Å². The number of alkyl halides is 1. The van der Waals surface area contributed by atoms with Gasteiger partial charge in [-0.05, 0) is 12.1 Å². The molecule has 0 aliphatic heterocycles. The van der Waals surface area contributed by atoms with Gasteiger partial charge in [0.15, 0.2) is 0 Å². The molecule has 0 aromatic heterocycles. The molecule has 0 spiro atoms. The maximum Gasteiger partial charge on any atom is 0.129 e. The van der Waals surface area contributed by atoms with Crippen LogP contribution in [0.2, 0.25) is 0 Å². The summed E-state index contributed by atoms with van der Waals surface area (Å²) >= 11 is 3.14. The predicted octanol–water partition coefficient (Wildman–Crippen LogP) is 2.30. The van der Waals surface area contributed by atoms with E-state index >= 15 is 0 Å². The summed E-state index contributed by atoms with van der Waals surface area (Å²) in [6.07, 6.45) is 0. The maximum atomic E-state index is 12.7. The third kappa shape index (κ3) is 1.29. The number of hydrogen-bond acceptors (Lipinski definition) is 1. The Morgan fingerprint density at radius 2 is 2.20 bits per heavy atom. The molecule has 0 aliphatic carbocycles. The van der Waals surface area contributed by atoms with Gasteiger partial charge >= 0.3 is 0 Å². The van der Waals surface area contributed by atoms with Crippen molar-refractivity contribution in [1.29, 1.82) is 0 Å². The van der Waals surface area contributed by atoms with Crippen molar-refractivity contribution in [2.24, 2.45) is 0 Å². The molecule has 3 heteroatoms. The number of nitrogens with two attached hydrogens (primary N) is 1. The molecule has 54 valence electrons. The average Bonchev–Trinajstić information content (AvgIpc) is 1.88. The topological polar surface area (TPSA) is 26.0 Å². The third-order valence-corrected chi connectivity index (χ3v) is 1.85. The van der Waals surface area contributed by atoms with Crippen molar-refractivity contribution >= 4 is 21.6 Å². The standard InChI is InChI=1S/C7H7BrFN/c8-4-5-6(9)2-1-3-7(5)10/h1-3H,4,10H2.